The molecule has 1 aromatic carbocycles. The molecule has 0 spiro atoms. The van der Waals surface area contributed by atoms with Crippen LogP contribution in [0.5, 0.6) is 0 Å². The molecule has 1 rings (SSSR count). The highest BCUT2D eigenvalue weighted by Crippen LogP contribution is 2.17. The van der Waals surface area contributed by atoms with Gasteiger partial charge in [-0.25, -0.2) is 4.79 Å². The van der Waals surface area contributed by atoms with E-state index in [1.807, 2.05) is 0 Å². The van der Waals surface area contributed by atoms with E-state index in [2.05, 4.69) is 0 Å². The van der Waals surface area contributed by atoms with E-state index < -0.39 is 17.0 Å². The van der Waals surface area contributed by atoms with Crippen molar-refractivity contribution in [1.29, 1.82) is 0 Å². The number of hydrogen-bond donors (Lipinski definition) is 1. The van der Waals surface area contributed by atoms with Crippen LogP contribution in [0.15, 0.2) is 12.1 Å². The van der Waals surface area contributed by atoms with Crippen LogP contribution in [0.25, 0.3) is 0 Å². The van der Waals surface area contributed by atoms with Gasteiger partial charge in [-0.3, -0.25) is 4.21 Å². The standard InChI is InChI=1S/C11H14O4S/c1-7-5-9(11(12)13)6-8(2)10(7)3-4-16(14)15/h5-6H,3-4H2,1-2H3,(H,12,13)(H,14,15)/p-1. The lowest BCUT2D eigenvalue weighted by atomic mass is 9.97. The predicted octanol–water partition coefficient (Wildman–Crippen LogP) is 1.42. The van der Waals surface area contributed by atoms with E-state index in [4.69, 9.17) is 5.11 Å². The van der Waals surface area contributed by atoms with Gasteiger partial charge >= 0.3 is 5.97 Å². The van der Waals surface area contributed by atoms with Gasteiger partial charge in [0, 0.05) is 5.75 Å². The van der Waals surface area contributed by atoms with Gasteiger partial charge in [-0.2, -0.15) is 0 Å². The summed E-state index contributed by atoms with van der Waals surface area (Å²) in [5.41, 5.74) is 2.79. The zero-order valence-electron chi connectivity index (χ0n) is 9.15. The number of carboxylic acids is 1. The minimum atomic E-state index is -2.06. The molecule has 0 saturated carbocycles. The summed E-state index contributed by atoms with van der Waals surface area (Å²) in [6.07, 6.45) is 0.424. The minimum Gasteiger partial charge on any atom is -0.772 e. The molecule has 0 aliphatic carbocycles. The predicted molar refractivity (Wildman–Crippen MR) is 60.4 cm³/mol. The molecule has 1 aromatic rings. The number of carboxylic acid groups (broad SMARTS) is 1. The van der Waals surface area contributed by atoms with Crippen LogP contribution >= 0.6 is 0 Å². The lowest BCUT2D eigenvalue weighted by Crippen LogP contribution is -2.06. The Morgan fingerprint density at radius 2 is 1.88 bits per heavy atom. The molecule has 1 unspecified atom stereocenters. The Kier molecular flexibility index (Phi) is 4.20. The summed E-state index contributed by atoms with van der Waals surface area (Å²) < 4.78 is 21.0. The molecule has 0 radical (unpaired) electrons. The van der Waals surface area contributed by atoms with Crippen molar-refractivity contribution in [3.05, 3.63) is 34.4 Å². The lowest BCUT2D eigenvalue weighted by Gasteiger charge is -2.12. The molecule has 1 atom stereocenters. The fourth-order valence-electron chi connectivity index (χ4n) is 1.70. The first-order valence-corrected chi connectivity index (χ1v) is 6.05. The number of rotatable bonds is 4. The third kappa shape index (κ3) is 3.15. The molecule has 5 heteroatoms. The molecule has 0 fully saturated rings. The first-order chi connectivity index (χ1) is 7.41. The van der Waals surface area contributed by atoms with Crippen molar-refractivity contribution in [3.8, 4) is 0 Å². The molecular weight excluding hydrogens is 228 g/mol. The van der Waals surface area contributed by atoms with Gasteiger partial charge in [0.2, 0.25) is 0 Å². The molecule has 0 aliphatic heterocycles. The Labute approximate surface area is 96.6 Å². The zero-order chi connectivity index (χ0) is 12.3. The van der Waals surface area contributed by atoms with Crippen molar-refractivity contribution >= 4 is 17.0 Å². The second-order valence-electron chi connectivity index (χ2n) is 3.65. The van der Waals surface area contributed by atoms with Crippen LogP contribution in [0, 0.1) is 13.8 Å². The van der Waals surface area contributed by atoms with Crippen LogP contribution in [-0.4, -0.2) is 25.6 Å². The molecule has 0 bridgehead atoms. The van der Waals surface area contributed by atoms with Gasteiger partial charge in [-0.15, -0.1) is 0 Å². The average Bonchev–Trinajstić information content (AvgIpc) is 2.15. The van der Waals surface area contributed by atoms with Crippen molar-refractivity contribution in [2.45, 2.75) is 20.3 Å². The van der Waals surface area contributed by atoms with Crippen LogP contribution in [0.4, 0.5) is 0 Å². The van der Waals surface area contributed by atoms with Crippen molar-refractivity contribution < 1.29 is 18.7 Å². The summed E-state index contributed by atoms with van der Waals surface area (Å²) in [6.45, 7) is 3.59. The Morgan fingerprint density at radius 3 is 2.25 bits per heavy atom. The fraction of sp³-hybridized carbons (Fsp3) is 0.364. The summed E-state index contributed by atoms with van der Waals surface area (Å²) in [5.74, 6) is -0.904. The SMILES string of the molecule is Cc1cc(C(=O)O)cc(C)c1CCS(=O)[O-]. The molecular formula is C11H13O4S-. The molecule has 0 saturated heterocycles. The molecule has 0 amide bonds. The number of aryl methyl sites for hydroxylation is 2. The van der Waals surface area contributed by atoms with Crippen LogP contribution in [-0.2, 0) is 17.5 Å². The summed E-state index contributed by atoms with van der Waals surface area (Å²) in [7, 11) is 0. The van der Waals surface area contributed by atoms with E-state index >= 15 is 0 Å². The molecule has 0 heterocycles. The van der Waals surface area contributed by atoms with Crippen LogP contribution in [0.1, 0.15) is 27.0 Å². The van der Waals surface area contributed by atoms with Crippen molar-refractivity contribution in [2.24, 2.45) is 0 Å². The molecule has 0 aromatic heterocycles. The third-order valence-electron chi connectivity index (χ3n) is 2.46. The number of hydrogen-bond acceptors (Lipinski definition) is 3. The van der Waals surface area contributed by atoms with E-state index in [0.717, 1.165) is 16.7 Å². The second kappa shape index (κ2) is 5.23. The Balaban J connectivity index is 3.03. The van der Waals surface area contributed by atoms with E-state index in [1.54, 1.807) is 26.0 Å². The van der Waals surface area contributed by atoms with Crippen LogP contribution < -0.4 is 0 Å². The van der Waals surface area contributed by atoms with Gasteiger partial charge in [0.15, 0.2) is 0 Å². The first kappa shape index (κ1) is 12.9. The van der Waals surface area contributed by atoms with Gasteiger partial charge in [0.25, 0.3) is 0 Å². The lowest BCUT2D eigenvalue weighted by molar-refractivity contribution is 0.0696. The zero-order valence-corrected chi connectivity index (χ0v) is 9.97. The van der Waals surface area contributed by atoms with Crippen molar-refractivity contribution in [1.82, 2.24) is 0 Å². The Hall–Kier alpha value is -1.20. The van der Waals surface area contributed by atoms with E-state index in [0.29, 0.717) is 6.42 Å². The van der Waals surface area contributed by atoms with Crippen LogP contribution in [0.2, 0.25) is 0 Å². The highest BCUT2D eigenvalue weighted by Gasteiger charge is 2.09. The van der Waals surface area contributed by atoms with E-state index in [-0.39, 0.29) is 11.3 Å². The number of carbonyl (C=O) groups is 1. The molecule has 1 N–H and O–H groups in total. The second-order valence-corrected chi connectivity index (χ2v) is 4.67. The van der Waals surface area contributed by atoms with E-state index in [9.17, 15) is 13.6 Å². The average molecular weight is 241 g/mol. The highest BCUT2D eigenvalue weighted by atomic mass is 32.2. The summed E-state index contributed by atoms with van der Waals surface area (Å²) >= 11 is -2.06. The Bertz CT molecular complexity index is 417. The molecule has 0 aliphatic rings. The monoisotopic (exact) mass is 241 g/mol. The molecule has 88 valence electrons. The maximum absolute atomic E-state index is 10.8. The van der Waals surface area contributed by atoms with Gasteiger partial charge < -0.3 is 9.66 Å². The summed E-state index contributed by atoms with van der Waals surface area (Å²) in [4.78, 5) is 10.8. The maximum atomic E-state index is 10.8. The van der Waals surface area contributed by atoms with Gasteiger partial charge in [0.1, 0.15) is 0 Å². The minimum absolute atomic E-state index is 0.0636. The number of aromatic carboxylic acids is 1. The normalized spacial score (nSPS) is 12.4. The first-order valence-electron chi connectivity index (χ1n) is 4.81. The summed E-state index contributed by atoms with van der Waals surface area (Å²) in [6, 6.07) is 3.14. The smallest absolute Gasteiger partial charge is 0.335 e. The topological polar surface area (TPSA) is 77.4 Å². The molecule has 16 heavy (non-hydrogen) atoms. The highest BCUT2D eigenvalue weighted by molar-refractivity contribution is 7.79. The van der Waals surface area contributed by atoms with Gasteiger partial charge in [-0.1, -0.05) is 11.1 Å². The fourth-order valence-corrected chi connectivity index (χ4v) is 2.07. The number of benzene rings is 1. The summed E-state index contributed by atoms with van der Waals surface area (Å²) in [5, 5.41) is 8.84. The third-order valence-corrected chi connectivity index (χ3v) is 3.00. The molecule has 4 nitrogen and oxygen atoms in total. The Morgan fingerprint density at radius 1 is 1.38 bits per heavy atom. The largest absolute Gasteiger partial charge is 0.772 e. The van der Waals surface area contributed by atoms with Crippen molar-refractivity contribution in [2.75, 3.05) is 5.75 Å². The quantitative estimate of drug-likeness (QED) is 0.809. The van der Waals surface area contributed by atoms with Crippen molar-refractivity contribution in [3.63, 3.8) is 0 Å². The maximum Gasteiger partial charge on any atom is 0.335 e. The van der Waals surface area contributed by atoms with Gasteiger partial charge in [0.05, 0.1) is 5.56 Å². The van der Waals surface area contributed by atoms with Gasteiger partial charge in [-0.05, 0) is 49.1 Å². The van der Waals surface area contributed by atoms with Crippen LogP contribution in [0.3, 0.4) is 0 Å². The van der Waals surface area contributed by atoms with E-state index in [1.165, 1.54) is 0 Å².